The number of likely N-dealkylation sites (tertiary alicyclic amines) is 1. The molecule has 2 aromatic rings. The number of likely N-dealkylation sites (N-methyl/N-ethyl adjacent to an activating group) is 1. The molecule has 0 aliphatic carbocycles. The number of benzene rings is 2. The number of fused-ring (bicyclic) bond motifs is 1. The van der Waals surface area contributed by atoms with E-state index in [2.05, 4.69) is 47.2 Å². The van der Waals surface area contributed by atoms with Crippen LogP contribution < -0.4 is 4.90 Å². The van der Waals surface area contributed by atoms with Gasteiger partial charge in [0.15, 0.2) is 0 Å². The molecule has 0 spiro atoms. The minimum Gasteiger partial charge on any atom is -0.366 e. The van der Waals surface area contributed by atoms with Crippen LogP contribution in [-0.4, -0.2) is 37.6 Å². The van der Waals surface area contributed by atoms with Gasteiger partial charge >= 0.3 is 0 Å². The molecular formula is C19H19N3. The predicted octanol–water partition coefficient (Wildman–Crippen LogP) is 2.98. The maximum absolute atomic E-state index is 8.86. The van der Waals surface area contributed by atoms with Crippen molar-refractivity contribution in [3.8, 4) is 17.2 Å². The van der Waals surface area contributed by atoms with Crippen LogP contribution in [0.3, 0.4) is 0 Å². The zero-order valence-corrected chi connectivity index (χ0v) is 12.7. The van der Waals surface area contributed by atoms with Gasteiger partial charge in [-0.3, -0.25) is 0 Å². The van der Waals surface area contributed by atoms with Gasteiger partial charge in [0, 0.05) is 37.3 Å². The third kappa shape index (κ3) is 2.17. The normalized spacial score (nSPS) is 23.7. The van der Waals surface area contributed by atoms with Crippen molar-refractivity contribution in [2.45, 2.75) is 6.04 Å². The van der Waals surface area contributed by atoms with Gasteiger partial charge in [-0.25, -0.2) is 0 Å². The van der Waals surface area contributed by atoms with Gasteiger partial charge in [0.05, 0.1) is 11.6 Å². The largest absolute Gasteiger partial charge is 0.366 e. The second kappa shape index (κ2) is 5.15. The Morgan fingerprint density at radius 2 is 1.55 bits per heavy atom. The molecule has 2 aromatic carbocycles. The third-order valence-electron chi connectivity index (χ3n) is 4.97. The standard InChI is InChI=1S/C19H19N3/c1-21-11-17-12-22(19(17)13-21)18-8-6-16(7-9-18)15-4-2-14(10-20)3-5-15/h2-9,17,19H,11-13H2,1H3/t17-,19-/m0/s1. The predicted molar refractivity (Wildman–Crippen MR) is 88.7 cm³/mol. The van der Waals surface area contributed by atoms with Crippen LogP contribution in [0, 0.1) is 17.2 Å². The number of nitrogens with zero attached hydrogens (tertiary/aromatic N) is 3. The maximum Gasteiger partial charge on any atom is 0.0991 e. The number of hydrogen-bond acceptors (Lipinski definition) is 3. The fourth-order valence-corrected chi connectivity index (χ4v) is 3.73. The fraction of sp³-hybridized carbons (Fsp3) is 0.316. The van der Waals surface area contributed by atoms with E-state index in [4.69, 9.17) is 5.26 Å². The van der Waals surface area contributed by atoms with Crippen molar-refractivity contribution in [1.29, 1.82) is 5.26 Å². The first-order valence-electron chi connectivity index (χ1n) is 7.80. The fourth-order valence-electron chi connectivity index (χ4n) is 3.73. The smallest absolute Gasteiger partial charge is 0.0991 e. The first-order chi connectivity index (χ1) is 10.7. The molecule has 0 saturated carbocycles. The molecule has 3 nitrogen and oxygen atoms in total. The summed E-state index contributed by atoms with van der Waals surface area (Å²) in [6.45, 7) is 3.61. The molecule has 0 N–H and O–H groups in total. The molecular weight excluding hydrogens is 270 g/mol. The minimum absolute atomic E-state index is 0.700. The van der Waals surface area contributed by atoms with Crippen molar-refractivity contribution in [2.24, 2.45) is 5.92 Å². The summed E-state index contributed by atoms with van der Waals surface area (Å²) in [6, 6.07) is 19.4. The summed E-state index contributed by atoms with van der Waals surface area (Å²) in [5.74, 6) is 0.850. The molecule has 3 heteroatoms. The Morgan fingerprint density at radius 1 is 0.909 bits per heavy atom. The van der Waals surface area contributed by atoms with E-state index in [0.29, 0.717) is 11.6 Å². The molecule has 2 heterocycles. The van der Waals surface area contributed by atoms with Crippen LogP contribution in [0.1, 0.15) is 5.56 Å². The molecule has 0 aromatic heterocycles. The Labute approximate surface area is 131 Å². The van der Waals surface area contributed by atoms with Gasteiger partial charge in [0.2, 0.25) is 0 Å². The highest BCUT2D eigenvalue weighted by atomic mass is 15.3. The van der Waals surface area contributed by atoms with Crippen LogP contribution in [0.15, 0.2) is 48.5 Å². The molecule has 110 valence electrons. The lowest BCUT2D eigenvalue weighted by Gasteiger charge is -2.45. The van der Waals surface area contributed by atoms with Gasteiger partial charge in [0.25, 0.3) is 0 Å². The van der Waals surface area contributed by atoms with Crippen LogP contribution in [0.4, 0.5) is 5.69 Å². The first-order valence-corrected chi connectivity index (χ1v) is 7.80. The molecule has 2 aliphatic rings. The third-order valence-corrected chi connectivity index (χ3v) is 4.97. The van der Waals surface area contributed by atoms with Crippen LogP contribution >= 0.6 is 0 Å². The second-order valence-electron chi connectivity index (χ2n) is 6.44. The lowest BCUT2D eigenvalue weighted by atomic mass is 9.91. The molecule has 2 saturated heterocycles. The summed E-state index contributed by atoms with van der Waals surface area (Å²) in [7, 11) is 2.21. The summed E-state index contributed by atoms with van der Waals surface area (Å²) >= 11 is 0. The molecule has 2 fully saturated rings. The Morgan fingerprint density at radius 3 is 2.14 bits per heavy atom. The number of rotatable bonds is 2. The van der Waals surface area contributed by atoms with Gasteiger partial charge in [-0.1, -0.05) is 24.3 Å². The van der Waals surface area contributed by atoms with E-state index in [-0.39, 0.29) is 0 Å². The van der Waals surface area contributed by atoms with Gasteiger partial charge in [-0.15, -0.1) is 0 Å². The molecule has 0 amide bonds. The quantitative estimate of drug-likeness (QED) is 0.851. The maximum atomic E-state index is 8.86. The first kappa shape index (κ1) is 13.4. The highest BCUT2D eigenvalue weighted by Gasteiger charge is 2.44. The van der Waals surface area contributed by atoms with E-state index < -0.39 is 0 Å². The summed E-state index contributed by atoms with van der Waals surface area (Å²) in [5.41, 5.74) is 4.40. The lowest BCUT2D eigenvalue weighted by molar-refractivity contribution is 0.361. The van der Waals surface area contributed by atoms with Crippen LogP contribution in [-0.2, 0) is 0 Å². The van der Waals surface area contributed by atoms with E-state index in [1.54, 1.807) is 0 Å². The van der Waals surface area contributed by atoms with Crippen molar-refractivity contribution >= 4 is 5.69 Å². The Hall–Kier alpha value is -2.31. The van der Waals surface area contributed by atoms with Gasteiger partial charge < -0.3 is 9.80 Å². The van der Waals surface area contributed by atoms with E-state index in [1.165, 1.54) is 30.9 Å². The van der Waals surface area contributed by atoms with Crippen LogP contribution in [0.5, 0.6) is 0 Å². The number of hydrogen-bond donors (Lipinski definition) is 0. The Balaban J connectivity index is 1.52. The topological polar surface area (TPSA) is 30.3 Å². The van der Waals surface area contributed by atoms with E-state index in [1.807, 2.05) is 24.3 Å². The van der Waals surface area contributed by atoms with Gasteiger partial charge in [0.1, 0.15) is 0 Å². The van der Waals surface area contributed by atoms with Crippen molar-refractivity contribution < 1.29 is 0 Å². The summed E-state index contributed by atoms with van der Waals surface area (Å²) < 4.78 is 0. The van der Waals surface area contributed by atoms with Crippen molar-refractivity contribution in [1.82, 2.24) is 4.90 Å². The molecule has 2 atom stereocenters. The van der Waals surface area contributed by atoms with E-state index in [9.17, 15) is 0 Å². The lowest BCUT2D eigenvalue weighted by Crippen LogP contribution is -2.55. The summed E-state index contributed by atoms with van der Waals surface area (Å²) in [5, 5.41) is 8.86. The number of anilines is 1. The van der Waals surface area contributed by atoms with Crippen LogP contribution in [0.2, 0.25) is 0 Å². The second-order valence-corrected chi connectivity index (χ2v) is 6.44. The van der Waals surface area contributed by atoms with Gasteiger partial charge in [-0.2, -0.15) is 5.26 Å². The molecule has 0 bridgehead atoms. The molecule has 2 aliphatic heterocycles. The highest BCUT2D eigenvalue weighted by molar-refractivity contribution is 5.67. The minimum atomic E-state index is 0.700. The van der Waals surface area contributed by atoms with Crippen LogP contribution in [0.25, 0.3) is 11.1 Å². The SMILES string of the molecule is CN1C[C@H]2CN(c3ccc(-c4ccc(C#N)cc4)cc3)[C@H]2C1. The zero-order valence-electron chi connectivity index (χ0n) is 12.7. The van der Waals surface area contributed by atoms with E-state index in [0.717, 1.165) is 11.5 Å². The average molecular weight is 289 g/mol. The van der Waals surface area contributed by atoms with Crippen molar-refractivity contribution in [3.63, 3.8) is 0 Å². The number of nitriles is 1. The van der Waals surface area contributed by atoms with E-state index >= 15 is 0 Å². The average Bonchev–Trinajstić information content (AvgIpc) is 2.84. The van der Waals surface area contributed by atoms with Crippen molar-refractivity contribution in [3.05, 3.63) is 54.1 Å². The molecule has 4 rings (SSSR count). The van der Waals surface area contributed by atoms with Crippen molar-refractivity contribution in [2.75, 3.05) is 31.6 Å². The molecule has 0 radical (unpaired) electrons. The highest BCUT2D eigenvalue weighted by Crippen LogP contribution is 2.36. The Bertz CT molecular complexity index is 712. The molecule has 0 unspecified atom stereocenters. The summed E-state index contributed by atoms with van der Waals surface area (Å²) in [4.78, 5) is 4.96. The summed E-state index contributed by atoms with van der Waals surface area (Å²) in [6.07, 6.45) is 0. The Kier molecular flexibility index (Phi) is 3.13. The monoisotopic (exact) mass is 289 g/mol. The zero-order chi connectivity index (χ0) is 15.1. The van der Waals surface area contributed by atoms with Gasteiger partial charge in [-0.05, 0) is 42.4 Å². The molecule has 22 heavy (non-hydrogen) atoms.